The largest absolute Gasteiger partial charge is 0.458 e. The highest BCUT2D eigenvalue weighted by atomic mass is 16.6. The third kappa shape index (κ3) is 9.07. The van der Waals surface area contributed by atoms with Gasteiger partial charge in [0.25, 0.3) is 5.91 Å². The van der Waals surface area contributed by atoms with E-state index in [-0.39, 0.29) is 35.6 Å². The summed E-state index contributed by atoms with van der Waals surface area (Å²) in [5.41, 5.74) is -2.23. The number of ether oxygens (including phenoxy) is 1. The maximum absolute atomic E-state index is 14.8. The van der Waals surface area contributed by atoms with Gasteiger partial charge in [0.05, 0.1) is 6.04 Å². The molecule has 3 aliphatic carbocycles. The quantitative estimate of drug-likeness (QED) is 0.128. The minimum absolute atomic E-state index is 0.0711. The first kappa shape index (κ1) is 39.3. The first-order valence-corrected chi connectivity index (χ1v) is 18.4. The van der Waals surface area contributed by atoms with Crippen LogP contribution in [0, 0.1) is 34.0 Å². The zero-order valence-electron chi connectivity index (χ0n) is 31.7. The summed E-state index contributed by atoms with van der Waals surface area (Å²) in [6.45, 7) is 21.0. The van der Waals surface area contributed by atoms with E-state index in [9.17, 15) is 28.8 Å². The average Bonchev–Trinajstić information content (AvgIpc) is 3.86. The van der Waals surface area contributed by atoms with E-state index in [1.165, 1.54) is 6.08 Å². The molecular weight excluding hydrogens is 638 g/mol. The van der Waals surface area contributed by atoms with Gasteiger partial charge in [-0.25, -0.2) is 9.59 Å². The number of Topliss-reactive ketones (excluding diaryl/α,β-unsaturated/α-hetero) is 1. The van der Waals surface area contributed by atoms with Crippen LogP contribution in [-0.4, -0.2) is 83.3 Å². The van der Waals surface area contributed by atoms with Crippen molar-refractivity contribution in [1.29, 1.82) is 0 Å². The van der Waals surface area contributed by atoms with Crippen LogP contribution in [0.2, 0.25) is 0 Å². The SMILES string of the molecule is C=CCNC(=O)C(=O)C(CC1CC1)NC(=O)[C@@H]1[C@@H]2[C@H](CN1C(=O)[C@@H](NC(=O)N[C@H](C(=O)OC(C)(C)C)C(C)(C)C)C1(C)CCCCC1)C2(C)C. The van der Waals surface area contributed by atoms with Gasteiger partial charge in [0.2, 0.25) is 17.6 Å². The second kappa shape index (κ2) is 14.7. The highest BCUT2D eigenvalue weighted by Gasteiger charge is 2.70. The molecule has 0 aromatic carbocycles. The molecule has 1 saturated heterocycles. The monoisotopic (exact) mass is 699 g/mol. The minimum atomic E-state index is -1.00. The van der Waals surface area contributed by atoms with Crippen LogP contribution in [0.15, 0.2) is 12.7 Å². The summed E-state index contributed by atoms with van der Waals surface area (Å²) in [5, 5.41) is 11.2. The Kier molecular flexibility index (Phi) is 11.5. The van der Waals surface area contributed by atoms with E-state index in [1.807, 2.05) is 27.7 Å². The molecule has 0 spiro atoms. The summed E-state index contributed by atoms with van der Waals surface area (Å²) < 4.78 is 5.63. The number of rotatable bonds is 13. The topological polar surface area (TPSA) is 163 Å². The van der Waals surface area contributed by atoms with E-state index in [4.69, 9.17) is 4.74 Å². The number of piperidine rings is 1. The number of hydrogen-bond acceptors (Lipinski definition) is 7. The first-order chi connectivity index (χ1) is 23.1. The van der Waals surface area contributed by atoms with Crippen molar-refractivity contribution in [3.05, 3.63) is 12.7 Å². The smallest absolute Gasteiger partial charge is 0.329 e. The molecule has 4 fully saturated rings. The van der Waals surface area contributed by atoms with E-state index >= 15 is 0 Å². The van der Waals surface area contributed by atoms with Crippen LogP contribution in [0.3, 0.4) is 0 Å². The molecule has 6 atom stereocenters. The van der Waals surface area contributed by atoms with Gasteiger partial charge in [-0.1, -0.05) is 79.7 Å². The molecule has 12 heteroatoms. The van der Waals surface area contributed by atoms with Gasteiger partial charge >= 0.3 is 12.0 Å². The number of carbonyl (C=O) groups is 6. The number of hydrogen-bond donors (Lipinski definition) is 4. The van der Waals surface area contributed by atoms with Crippen molar-refractivity contribution in [2.45, 2.75) is 143 Å². The van der Waals surface area contributed by atoms with Crippen molar-refractivity contribution >= 4 is 35.5 Å². The summed E-state index contributed by atoms with van der Waals surface area (Å²) in [5.74, 6) is -2.68. The lowest BCUT2D eigenvalue weighted by Gasteiger charge is -2.43. The fraction of sp³-hybridized carbons (Fsp3) is 0.789. The number of fused-ring (bicyclic) bond motifs is 1. The molecule has 3 saturated carbocycles. The van der Waals surface area contributed by atoms with Crippen LogP contribution in [0.4, 0.5) is 4.79 Å². The lowest BCUT2D eigenvalue weighted by molar-refractivity contribution is -0.160. The molecule has 1 aliphatic heterocycles. The van der Waals surface area contributed by atoms with Gasteiger partial charge in [0, 0.05) is 13.1 Å². The Labute approximate surface area is 298 Å². The lowest BCUT2D eigenvalue weighted by atomic mass is 9.70. The summed E-state index contributed by atoms with van der Waals surface area (Å²) in [6.07, 6.45) is 7.93. The molecule has 12 nitrogen and oxygen atoms in total. The first-order valence-electron chi connectivity index (χ1n) is 18.4. The van der Waals surface area contributed by atoms with Gasteiger partial charge in [-0.15, -0.1) is 6.58 Å². The summed E-state index contributed by atoms with van der Waals surface area (Å²) in [7, 11) is 0. The lowest BCUT2D eigenvalue weighted by Crippen LogP contribution is -2.64. The normalized spacial score (nSPS) is 25.5. The average molecular weight is 700 g/mol. The van der Waals surface area contributed by atoms with E-state index in [0.717, 1.165) is 32.1 Å². The number of nitrogens with zero attached hydrogens (tertiary/aromatic N) is 1. The molecule has 0 aromatic rings. The van der Waals surface area contributed by atoms with Crippen LogP contribution >= 0.6 is 0 Å². The van der Waals surface area contributed by atoms with Crippen molar-refractivity contribution < 1.29 is 33.5 Å². The molecule has 4 rings (SSSR count). The molecule has 1 unspecified atom stereocenters. The van der Waals surface area contributed by atoms with E-state index < -0.39 is 70.2 Å². The maximum Gasteiger partial charge on any atom is 0.329 e. The number of carbonyl (C=O) groups excluding carboxylic acids is 6. The number of esters is 1. The fourth-order valence-electron chi connectivity index (χ4n) is 8.04. The second-order valence-corrected chi connectivity index (χ2v) is 18.1. The highest BCUT2D eigenvalue weighted by Crippen LogP contribution is 2.65. The third-order valence-corrected chi connectivity index (χ3v) is 11.3. The molecule has 0 radical (unpaired) electrons. The second-order valence-electron chi connectivity index (χ2n) is 18.1. The Balaban J connectivity index is 1.60. The van der Waals surface area contributed by atoms with Crippen LogP contribution in [0.1, 0.15) is 114 Å². The number of ketones is 1. The van der Waals surface area contributed by atoms with Crippen LogP contribution in [0.25, 0.3) is 0 Å². The molecule has 1 heterocycles. The molecule has 4 aliphatic rings. The standard InChI is InChI=1S/C38H61N5O7/c1-11-19-39-31(46)27(44)24(20-22-15-16-22)40-30(45)26-25-23(37(25,8)9)21-43(26)32(47)28(38(10)17-13-12-14-18-38)41-34(49)42-29(35(2,3)4)33(48)50-36(5,6)7/h11,22-26,28-29H,1,12-21H2,2-10H3,(H,39,46)(H,40,45)(H2,41,42,49)/t23-,24?,25-,26-,28+,29+/m0/s1. The minimum Gasteiger partial charge on any atom is -0.458 e. The van der Waals surface area contributed by atoms with Gasteiger partial charge in [0.1, 0.15) is 23.7 Å². The fourth-order valence-corrected chi connectivity index (χ4v) is 8.04. The van der Waals surface area contributed by atoms with Crippen molar-refractivity contribution in [3.8, 4) is 0 Å². The molecular formula is C38H61N5O7. The summed E-state index contributed by atoms with van der Waals surface area (Å²) >= 11 is 0. The van der Waals surface area contributed by atoms with Gasteiger partial charge in [0.15, 0.2) is 0 Å². The van der Waals surface area contributed by atoms with Crippen molar-refractivity contribution in [2.24, 2.45) is 34.0 Å². The van der Waals surface area contributed by atoms with Gasteiger partial charge in [-0.2, -0.15) is 0 Å². The zero-order valence-corrected chi connectivity index (χ0v) is 31.7. The van der Waals surface area contributed by atoms with Crippen LogP contribution in [-0.2, 0) is 28.7 Å². The molecule has 0 aromatic heterocycles. The van der Waals surface area contributed by atoms with Crippen LogP contribution in [0.5, 0.6) is 0 Å². The Morgan fingerprint density at radius 2 is 1.54 bits per heavy atom. The number of urea groups is 1. The van der Waals surface area contributed by atoms with E-state index in [2.05, 4.69) is 41.7 Å². The Hall–Kier alpha value is -3.44. The number of nitrogens with one attached hydrogen (secondary N) is 4. The third-order valence-electron chi connectivity index (χ3n) is 11.3. The van der Waals surface area contributed by atoms with Crippen molar-refractivity contribution in [3.63, 3.8) is 0 Å². The Bertz CT molecular complexity index is 1350. The Morgan fingerprint density at radius 1 is 0.920 bits per heavy atom. The van der Waals surface area contributed by atoms with E-state index in [0.29, 0.717) is 25.8 Å². The highest BCUT2D eigenvalue weighted by molar-refractivity contribution is 6.38. The van der Waals surface area contributed by atoms with Crippen LogP contribution < -0.4 is 21.3 Å². The number of likely N-dealkylation sites (tertiary alicyclic amines) is 1. The summed E-state index contributed by atoms with van der Waals surface area (Å²) in [6, 6.07) is -4.48. The Morgan fingerprint density at radius 3 is 2.08 bits per heavy atom. The summed E-state index contributed by atoms with van der Waals surface area (Å²) in [4.78, 5) is 83.5. The molecule has 50 heavy (non-hydrogen) atoms. The van der Waals surface area contributed by atoms with Crippen molar-refractivity contribution in [2.75, 3.05) is 13.1 Å². The predicted octanol–water partition coefficient (Wildman–Crippen LogP) is 4.02. The molecule has 0 bridgehead atoms. The van der Waals surface area contributed by atoms with Gasteiger partial charge < -0.3 is 30.9 Å². The molecule has 5 amide bonds. The molecule has 4 N–H and O–H groups in total. The zero-order chi connectivity index (χ0) is 37.4. The molecule has 280 valence electrons. The van der Waals surface area contributed by atoms with Gasteiger partial charge in [-0.3, -0.25) is 19.2 Å². The number of amides is 5. The maximum atomic E-state index is 14.8. The van der Waals surface area contributed by atoms with E-state index in [1.54, 1.807) is 25.7 Å². The van der Waals surface area contributed by atoms with Crippen molar-refractivity contribution in [1.82, 2.24) is 26.2 Å². The van der Waals surface area contributed by atoms with Gasteiger partial charge in [-0.05, 0) is 74.0 Å². The predicted molar refractivity (Wildman–Crippen MR) is 189 cm³/mol.